The average Bonchev–Trinajstić information content (AvgIpc) is 2.90. The third-order valence-corrected chi connectivity index (χ3v) is 6.10. The van der Waals surface area contributed by atoms with Crippen molar-refractivity contribution < 1.29 is 26.0 Å². The second-order valence-electron chi connectivity index (χ2n) is 5.31. The zero-order valence-corrected chi connectivity index (χ0v) is 16.8. The van der Waals surface area contributed by atoms with Gasteiger partial charge in [0.1, 0.15) is 5.58 Å². The fourth-order valence-corrected chi connectivity index (χ4v) is 3.88. The predicted molar refractivity (Wildman–Crippen MR) is 101 cm³/mol. The Balaban J connectivity index is 2.14. The standard InChI is InChI=1S/C16H10Br2F3NO3S/c17-8-9-5-6-13-11(7-9)14(18)15(25-13)10-3-1-2-4-12(10)22-26(23,24)16(19,20)21/h1-7,22H,8H2. The molecule has 4 nitrogen and oxygen atoms in total. The van der Waals surface area contributed by atoms with E-state index in [0.29, 0.717) is 15.4 Å². The summed E-state index contributed by atoms with van der Waals surface area (Å²) in [5.74, 6) is 0.229. The molecule has 0 amide bonds. The molecule has 0 aliphatic rings. The largest absolute Gasteiger partial charge is 0.516 e. The number of anilines is 1. The van der Waals surface area contributed by atoms with Gasteiger partial charge < -0.3 is 4.42 Å². The molecule has 0 saturated carbocycles. The Hall–Kier alpha value is -1.52. The number of furan rings is 1. The highest BCUT2D eigenvalue weighted by Gasteiger charge is 2.46. The van der Waals surface area contributed by atoms with Gasteiger partial charge in [-0.3, -0.25) is 4.72 Å². The zero-order chi connectivity index (χ0) is 19.1. The first-order valence-electron chi connectivity index (χ1n) is 7.09. The van der Waals surface area contributed by atoms with E-state index in [-0.39, 0.29) is 17.0 Å². The van der Waals surface area contributed by atoms with Crippen LogP contribution in [0.5, 0.6) is 0 Å². The van der Waals surface area contributed by atoms with Gasteiger partial charge in [0.2, 0.25) is 0 Å². The Morgan fingerprint density at radius 2 is 1.81 bits per heavy atom. The maximum Gasteiger partial charge on any atom is 0.516 e. The van der Waals surface area contributed by atoms with E-state index in [2.05, 4.69) is 31.9 Å². The lowest BCUT2D eigenvalue weighted by Crippen LogP contribution is -2.30. The van der Waals surface area contributed by atoms with Crippen molar-refractivity contribution in [2.75, 3.05) is 4.72 Å². The number of rotatable bonds is 4. The minimum Gasteiger partial charge on any atom is -0.455 e. The molecule has 1 N–H and O–H groups in total. The number of alkyl halides is 4. The number of para-hydroxylation sites is 1. The summed E-state index contributed by atoms with van der Waals surface area (Å²) in [5.41, 5.74) is -3.97. The second-order valence-corrected chi connectivity index (χ2v) is 8.33. The number of sulfonamides is 1. The van der Waals surface area contributed by atoms with Gasteiger partial charge in [0.05, 0.1) is 10.2 Å². The van der Waals surface area contributed by atoms with Crippen molar-refractivity contribution in [3.05, 3.63) is 52.5 Å². The van der Waals surface area contributed by atoms with Crippen LogP contribution in [0.25, 0.3) is 22.3 Å². The van der Waals surface area contributed by atoms with E-state index in [4.69, 9.17) is 4.42 Å². The molecule has 0 radical (unpaired) electrons. The fraction of sp³-hybridized carbons (Fsp3) is 0.125. The number of fused-ring (bicyclic) bond motifs is 1. The number of hydrogen-bond donors (Lipinski definition) is 1. The van der Waals surface area contributed by atoms with Gasteiger partial charge in [0.15, 0.2) is 5.76 Å². The van der Waals surface area contributed by atoms with Gasteiger partial charge in [-0.1, -0.05) is 34.1 Å². The summed E-state index contributed by atoms with van der Waals surface area (Å²) in [6, 6.07) is 11.2. The Labute approximate surface area is 163 Å². The molecule has 0 spiro atoms. The molecule has 3 rings (SSSR count). The third kappa shape index (κ3) is 3.49. The van der Waals surface area contributed by atoms with Crippen LogP contribution in [-0.4, -0.2) is 13.9 Å². The monoisotopic (exact) mass is 511 g/mol. The van der Waals surface area contributed by atoms with Crippen LogP contribution in [0.2, 0.25) is 0 Å². The number of nitrogens with one attached hydrogen (secondary N) is 1. The van der Waals surface area contributed by atoms with Crippen LogP contribution in [0.3, 0.4) is 0 Å². The van der Waals surface area contributed by atoms with Crippen molar-refractivity contribution in [1.82, 2.24) is 0 Å². The Morgan fingerprint density at radius 1 is 1.12 bits per heavy atom. The zero-order valence-electron chi connectivity index (χ0n) is 12.8. The number of halogens is 5. The summed E-state index contributed by atoms with van der Waals surface area (Å²) in [6.45, 7) is 0. The molecule has 1 heterocycles. The van der Waals surface area contributed by atoms with Crippen LogP contribution in [0.15, 0.2) is 51.4 Å². The first kappa shape index (κ1) is 19.2. The van der Waals surface area contributed by atoms with Gasteiger partial charge in [-0.25, -0.2) is 0 Å². The van der Waals surface area contributed by atoms with E-state index in [1.54, 1.807) is 16.9 Å². The van der Waals surface area contributed by atoms with Gasteiger partial charge in [-0.05, 0) is 45.8 Å². The second kappa shape index (κ2) is 6.90. The molecule has 26 heavy (non-hydrogen) atoms. The van der Waals surface area contributed by atoms with Crippen molar-refractivity contribution in [3.63, 3.8) is 0 Å². The molecule has 3 aromatic rings. The molecule has 0 unspecified atom stereocenters. The first-order valence-corrected chi connectivity index (χ1v) is 10.5. The van der Waals surface area contributed by atoms with E-state index < -0.39 is 15.5 Å². The normalized spacial score (nSPS) is 12.5. The number of hydrogen-bond acceptors (Lipinski definition) is 3. The molecule has 0 bridgehead atoms. The highest BCUT2D eigenvalue weighted by Crippen LogP contribution is 2.41. The molecule has 1 aromatic heterocycles. The predicted octanol–water partition coefficient (Wildman–Crippen LogP) is 6.02. The smallest absolute Gasteiger partial charge is 0.455 e. The van der Waals surface area contributed by atoms with Crippen LogP contribution >= 0.6 is 31.9 Å². The van der Waals surface area contributed by atoms with Crippen molar-refractivity contribution in [2.45, 2.75) is 10.8 Å². The highest BCUT2D eigenvalue weighted by molar-refractivity contribution is 9.10. The lowest BCUT2D eigenvalue weighted by molar-refractivity contribution is -0.0429. The van der Waals surface area contributed by atoms with E-state index in [1.165, 1.54) is 18.2 Å². The van der Waals surface area contributed by atoms with Crippen molar-refractivity contribution in [3.8, 4) is 11.3 Å². The van der Waals surface area contributed by atoms with E-state index in [0.717, 1.165) is 10.9 Å². The van der Waals surface area contributed by atoms with E-state index >= 15 is 0 Å². The minimum absolute atomic E-state index is 0.184. The molecule has 2 aromatic carbocycles. The van der Waals surface area contributed by atoms with Gasteiger partial charge in [-0.15, -0.1) is 0 Å². The molecule has 10 heteroatoms. The summed E-state index contributed by atoms with van der Waals surface area (Å²) in [6.07, 6.45) is 0. The summed E-state index contributed by atoms with van der Waals surface area (Å²) in [7, 11) is -5.55. The lowest BCUT2D eigenvalue weighted by Gasteiger charge is -2.13. The van der Waals surface area contributed by atoms with Gasteiger partial charge in [0, 0.05) is 16.3 Å². The molecular weight excluding hydrogens is 503 g/mol. The van der Waals surface area contributed by atoms with Crippen molar-refractivity contribution >= 4 is 58.5 Å². The van der Waals surface area contributed by atoms with Crippen LogP contribution in [-0.2, 0) is 15.4 Å². The Bertz CT molecular complexity index is 1080. The van der Waals surface area contributed by atoms with E-state index in [9.17, 15) is 21.6 Å². The fourth-order valence-electron chi connectivity index (χ4n) is 2.34. The molecule has 138 valence electrons. The van der Waals surface area contributed by atoms with Gasteiger partial charge >= 0.3 is 15.5 Å². The highest BCUT2D eigenvalue weighted by atomic mass is 79.9. The number of benzene rings is 2. The molecule has 0 fully saturated rings. The summed E-state index contributed by atoms with van der Waals surface area (Å²) < 4.78 is 68.9. The summed E-state index contributed by atoms with van der Waals surface area (Å²) in [4.78, 5) is 0. The van der Waals surface area contributed by atoms with Crippen LogP contribution in [0.4, 0.5) is 18.9 Å². The van der Waals surface area contributed by atoms with Crippen molar-refractivity contribution in [2.24, 2.45) is 0 Å². The summed E-state index contributed by atoms with van der Waals surface area (Å²) >= 11 is 6.75. The third-order valence-electron chi connectivity index (χ3n) is 3.57. The quantitative estimate of drug-likeness (QED) is 0.435. The maximum absolute atomic E-state index is 12.7. The van der Waals surface area contributed by atoms with Crippen LogP contribution < -0.4 is 4.72 Å². The molecular formula is C16H10Br2F3NO3S. The SMILES string of the molecule is O=S(=O)(Nc1ccccc1-c1oc2ccc(CBr)cc2c1Br)C(F)(F)F. The molecule has 0 aliphatic carbocycles. The Morgan fingerprint density at radius 3 is 2.46 bits per heavy atom. The minimum atomic E-state index is -5.55. The van der Waals surface area contributed by atoms with Crippen LogP contribution in [0, 0.1) is 0 Å². The first-order chi connectivity index (χ1) is 12.1. The topological polar surface area (TPSA) is 59.3 Å². The van der Waals surface area contributed by atoms with Gasteiger partial charge in [0.25, 0.3) is 0 Å². The average molecular weight is 513 g/mol. The van der Waals surface area contributed by atoms with Crippen LogP contribution in [0.1, 0.15) is 5.56 Å². The lowest BCUT2D eigenvalue weighted by atomic mass is 10.1. The Kier molecular flexibility index (Phi) is 5.11. The molecule has 0 saturated heterocycles. The molecule has 0 aliphatic heterocycles. The summed E-state index contributed by atoms with van der Waals surface area (Å²) in [5, 5.41) is 1.35. The van der Waals surface area contributed by atoms with Gasteiger partial charge in [-0.2, -0.15) is 21.6 Å². The van der Waals surface area contributed by atoms with Crippen molar-refractivity contribution in [1.29, 1.82) is 0 Å². The molecule has 0 atom stereocenters. The maximum atomic E-state index is 12.7. The van der Waals surface area contributed by atoms with E-state index in [1.807, 2.05) is 12.1 Å².